The molecule has 0 bridgehead atoms. The quantitative estimate of drug-likeness (QED) is 0.668. The normalized spacial score (nSPS) is 8.73. The van der Waals surface area contributed by atoms with Gasteiger partial charge in [-0.25, -0.2) is 0 Å². The summed E-state index contributed by atoms with van der Waals surface area (Å²) in [5.41, 5.74) is 0. The number of rotatable bonds is 4. The Balaban J connectivity index is 0.000000423. The minimum atomic E-state index is -0.708. The van der Waals surface area contributed by atoms with Gasteiger partial charge in [-0.2, -0.15) is 0 Å². The van der Waals surface area contributed by atoms with Gasteiger partial charge in [0.2, 0.25) is 0 Å². The molecule has 0 aliphatic carbocycles. The molecule has 0 saturated carbocycles. The van der Waals surface area contributed by atoms with Gasteiger partial charge in [0, 0.05) is 12.4 Å². The molecule has 79 valence electrons. The van der Waals surface area contributed by atoms with E-state index in [-0.39, 0.29) is 0 Å². The van der Waals surface area contributed by atoms with Crippen LogP contribution in [0, 0.1) is 0 Å². The number of nitrogens with zero attached hydrogens (tertiary/aromatic N) is 1. The summed E-state index contributed by atoms with van der Waals surface area (Å²) >= 11 is 0.347. The number of ether oxygens (including phenoxy) is 1. The molecular weight excluding hydrogens is 248 g/mol. The third-order valence-electron chi connectivity index (χ3n) is 1.42. The molecule has 0 aliphatic rings. The van der Waals surface area contributed by atoms with E-state index in [9.17, 15) is 0 Å². The first-order valence-electron chi connectivity index (χ1n) is 4.74. The standard InChI is InChI=1S/C9H13NO.CHO2.Zn/c1-2-3-8-11-9-4-6-10-7-5-9;2-1-3;/h4-7H,2-3,8H2,1H3;(H,2,3);. The average Bonchev–Trinajstić information content (AvgIpc) is 2.19. The van der Waals surface area contributed by atoms with Crippen molar-refractivity contribution in [2.45, 2.75) is 19.8 Å². The molecule has 15 heavy (non-hydrogen) atoms. The first kappa shape index (κ1) is 14.0. The van der Waals surface area contributed by atoms with Gasteiger partial charge in [-0.15, -0.1) is 0 Å². The van der Waals surface area contributed by atoms with E-state index < -0.39 is 4.56 Å². The number of aromatic nitrogens is 1. The van der Waals surface area contributed by atoms with Crippen molar-refractivity contribution in [3.8, 4) is 5.75 Å². The molecule has 0 atom stereocenters. The summed E-state index contributed by atoms with van der Waals surface area (Å²) in [6.45, 7) is 2.95. The van der Waals surface area contributed by atoms with Crippen molar-refractivity contribution in [3.05, 3.63) is 24.5 Å². The third-order valence-corrected chi connectivity index (χ3v) is 1.42. The Labute approximate surface area is 99.3 Å². The van der Waals surface area contributed by atoms with E-state index >= 15 is 0 Å². The van der Waals surface area contributed by atoms with Crippen LogP contribution in [-0.2, 0) is 18.3 Å². The summed E-state index contributed by atoms with van der Waals surface area (Å²) in [5, 5.41) is 7.47. The number of unbranched alkanes of at least 4 members (excludes halogenated alkanes) is 1. The Morgan fingerprint density at radius 1 is 1.53 bits per heavy atom. The van der Waals surface area contributed by atoms with Crippen LogP contribution in [0.25, 0.3) is 0 Å². The van der Waals surface area contributed by atoms with Gasteiger partial charge in [0.05, 0.1) is 6.61 Å². The van der Waals surface area contributed by atoms with Crippen LogP contribution in [0.1, 0.15) is 19.8 Å². The Bertz CT molecular complexity index is 263. The van der Waals surface area contributed by atoms with Crippen LogP contribution in [0.15, 0.2) is 24.5 Å². The molecule has 0 radical (unpaired) electrons. The fraction of sp³-hybridized carbons (Fsp3) is 0.400. The molecule has 0 unspecified atom stereocenters. The first-order valence-corrected chi connectivity index (χ1v) is 6.23. The average molecular weight is 262 g/mol. The van der Waals surface area contributed by atoms with Gasteiger partial charge in [-0.1, -0.05) is 13.3 Å². The maximum absolute atomic E-state index is 9.06. The van der Waals surface area contributed by atoms with E-state index in [2.05, 4.69) is 11.9 Å². The Kier molecular flexibility index (Phi) is 8.98. The van der Waals surface area contributed by atoms with E-state index in [1.807, 2.05) is 12.1 Å². The second-order valence-corrected chi connectivity index (χ2v) is 4.05. The van der Waals surface area contributed by atoms with Crippen LogP contribution in [0.2, 0.25) is 0 Å². The van der Waals surface area contributed by atoms with Gasteiger partial charge in [0.1, 0.15) is 5.75 Å². The molecule has 0 amide bonds. The zero-order valence-corrected chi connectivity index (χ0v) is 11.8. The van der Waals surface area contributed by atoms with Crippen molar-refractivity contribution in [1.82, 2.24) is 4.98 Å². The molecule has 5 heteroatoms. The zero-order valence-electron chi connectivity index (χ0n) is 8.85. The predicted molar refractivity (Wildman–Crippen MR) is 52.7 cm³/mol. The Hall–Kier alpha value is -0.957. The number of carbonyl (C=O) groups is 1. The summed E-state index contributed by atoms with van der Waals surface area (Å²) in [5.74, 6) is 0.911. The molecule has 1 heterocycles. The van der Waals surface area contributed by atoms with Gasteiger partial charge >= 0.3 is 32.8 Å². The van der Waals surface area contributed by atoms with Gasteiger partial charge in [-0.3, -0.25) is 4.98 Å². The third kappa shape index (κ3) is 11.0. The van der Waals surface area contributed by atoms with Crippen molar-refractivity contribution < 1.29 is 32.9 Å². The van der Waals surface area contributed by atoms with E-state index in [4.69, 9.17) is 14.6 Å². The van der Waals surface area contributed by atoms with Gasteiger partial charge in [0.15, 0.2) is 0 Å². The van der Waals surface area contributed by atoms with E-state index in [0.717, 1.165) is 18.8 Å². The van der Waals surface area contributed by atoms with Gasteiger partial charge in [-0.05, 0) is 18.6 Å². The van der Waals surface area contributed by atoms with Crippen LogP contribution in [0.4, 0.5) is 4.79 Å². The molecule has 0 spiro atoms. The number of pyridine rings is 1. The molecule has 1 rings (SSSR count). The number of carboxylic acid groups (broad SMARTS) is 1. The second-order valence-electron chi connectivity index (χ2n) is 2.78. The molecule has 4 nitrogen and oxygen atoms in total. The topological polar surface area (TPSA) is 59.4 Å². The van der Waals surface area contributed by atoms with Crippen LogP contribution < -0.4 is 4.74 Å². The fourth-order valence-electron chi connectivity index (χ4n) is 0.769. The Morgan fingerprint density at radius 3 is 2.53 bits per heavy atom. The zero-order chi connectivity index (χ0) is 11.5. The molecule has 0 saturated heterocycles. The number of hydrogen-bond donors (Lipinski definition) is 1. The fourth-order valence-corrected chi connectivity index (χ4v) is 0.769. The summed E-state index contributed by atoms with van der Waals surface area (Å²) in [6, 6.07) is 3.74. The summed E-state index contributed by atoms with van der Waals surface area (Å²) in [4.78, 5) is 12.9. The monoisotopic (exact) mass is 260 g/mol. The van der Waals surface area contributed by atoms with Crippen molar-refractivity contribution in [3.63, 3.8) is 0 Å². The molecule has 1 aromatic heterocycles. The summed E-state index contributed by atoms with van der Waals surface area (Å²) in [6.07, 6.45) is 5.76. The summed E-state index contributed by atoms with van der Waals surface area (Å²) in [7, 11) is 0. The molecular formula is C10H14NO3Zn. The maximum atomic E-state index is 9.06. The molecule has 1 N–H and O–H groups in total. The van der Waals surface area contributed by atoms with Crippen molar-refractivity contribution in [2.75, 3.05) is 6.61 Å². The van der Waals surface area contributed by atoms with E-state index in [1.54, 1.807) is 12.4 Å². The second kappa shape index (κ2) is 9.59. The van der Waals surface area contributed by atoms with Crippen molar-refractivity contribution in [1.29, 1.82) is 0 Å². The SMILES string of the molecule is CCCCOc1ccncc1.O=[C](O)[Zn]. The molecule has 0 fully saturated rings. The van der Waals surface area contributed by atoms with Crippen LogP contribution >= 0.6 is 0 Å². The summed E-state index contributed by atoms with van der Waals surface area (Å²) < 4.78 is 4.70. The first-order chi connectivity index (χ1) is 7.16. The molecule has 1 aromatic rings. The predicted octanol–water partition coefficient (Wildman–Crippen LogP) is 2.47. The number of hydrogen-bond acceptors (Lipinski definition) is 3. The van der Waals surface area contributed by atoms with E-state index in [1.165, 1.54) is 6.42 Å². The van der Waals surface area contributed by atoms with Crippen LogP contribution in [-0.4, -0.2) is 21.3 Å². The molecule has 0 aliphatic heterocycles. The van der Waals surface area contributed by atoms with Crippen LogP contribution in [0.3, 0.4) is 0 Å². The van der Waals surface area contributed by atoms with Crippen molar-refractivity contribution in [2.24, 2.45) is 0 Å². The van der Waals surface area contributed by atoms with Crippen LogP contribution in [0.5, 0.6) is 5.75 Å². The molecule has 0 aromatic carbocycles. The van der Waals surface area contributed by atoms with E-state index in [0.29, 0.717) is 18.3 Å². The minimum absolute atomic E-state index is 0.347. The van der Waals surface area contributed by atoms with Crippen molar-refractivity contribution >= 4 is 4.56 Å². The Morgan fingerprint density at radius 2 is 2.07 bits per heavy atom. The van der Waals surface area contributed by atoms with Gasteiger partial charge < -0.3 is 4.74 Å². The van der Waals surface area contributed by atoms with Gasteiger partial charge in [0.25, 0.3) is 0 Å².